The van der Waals surface area contributed by atoms with Gasteiger partial charge >= 0.3 is 6.18 Å². The Hall–Kier alpha value is -2.07. The normalized spacial score (nSPS) is 11.8. The van der Waals surface area contributed by atoms with E-state index in [4.69, 9.17) is 5.26 Å². The SMILES string of the molecule is CCCn1c(COCC(F)(F)F)nc2cc(C#N)ccc21. The van der Waals surface area contributed by atoms with Crippen LogP contribution in [0.5, 0.6) is 0 Å². The van der Waals surface area contributed by atoms with Crippen LogP contribution in [0.3, 0.4) is 0 Å². The van der Waals surface area contributed by atoms with Gasteiger partial charge in [-0.3, -0.25) is 0 Å². The van der Waals surface area contributed by atoms with E-state index in [1.165, 1.54) is 0 Å². The van der Waals surface area contributed by atoms with Crippen molar-refractivity contribution < 1.29 is 17.9 Å². The molecule has 1 aromatic heterocycles. The number of halogens is 3. The van der Waals surface area contributed by atoms with Crippen LogP contribution < -0.4 is 0 Å². The zero-order valence-electron chi connectivity index (χ0n) is 11.4. The van der Waals surface area contributed by atoms with Crippen LogP contribution in [-0.4, -0.2) is 22.3 Å². The summed E-state index contributed by atoms with van der Waals surface area (Å²) in [6, 6.07) is 7.05. The van der Waals surface area contributed by atoms with Crippen LogP contribution >= 0.6 is 0 Å². The molecule has 0 N–H and O–H groups in total. The average Bonchev–Trinajstić information content (AvgIpc) is 2.75. The predicted octanol–water partition coefficient (Wildman–Crippen LogP) is 3.40. The molecule has 0 amide bonds. The Kier molecular flexibility index (Phi) is 4.48. The number of alkyl halides is 3. The van der Waals surface area contributed by atoms with E-state index in [1.807, 2.05) is 17.6 Å². The van der Waals surface area contributed by atoms with E-state index in [1.54, 1.807) is 18.2 Å². The van der Waals surface area contributed by atoms with Gasteiger partial charge in [0.25, 0.3) is 0 Å². The maximum atomic E-state index is 12.1. The van der Waals surface area contributed by atoms with E-state index in [0.717, 1.165) is 11.9 Å². The molecule has 0 saturated heterocycles. The Morgan fingerprint density at radius 1 is 1.38 bits per heavy atom. The Morgan fingerprint density at radius 3 is 2.76 bits per heavy atom. The van der Waals surface area contributed by atoms with E-state index < -0.39 is 12.8 Å². The number of ether oxygens (including phenoxy) is 1. The molecule has 0 saturated carbocycles. The summed E-state index contributed by atoms with van der Waals surface area (Å²) in [6.07, 6.45) is -3.53. The fraction of sp³-hybridized carbons (Fsp3) is 0.429. The summed E-state index contributed by atoms with van der Waals surface area (Å²) in [7, 11) is 0. The summed E-state index contributed by atoms with van der Waals surface area (Å²) in [4.78, 5) is 4.28. The fourth-order valence-electron chi connectivity index (χ4n) is 2.09. The number of hydrogen-bond donors (Lipinski definition) is 0. The van der Waals surface area contributed by atoms with Crippen LogP contribution in [0.2, 0.25) is 0 Å². The third kappa shape index (κ3) is 3.73. The summed E-state index contributed by atoms with van der Waals surface area (Å²) in [5.41, 5.74) is 1.85. The summed E-state index contributed by atoms with van der Waals surface area (Å²) >= 11 is 0. The first-order chi connectivity index (χ1) is 9.94. The molecule has 2 rings (SSSR count). The number of rotatable bonds is 5. The predicted molar refractivity (Wildman–Crippen MR) is 70.5 cm³/mol. The lowest BCUT2D eigenvalue weighted by Crippen LogP contribution is -2.17. The van der Waals surface area contributed by atoms with Crippen LogP contribution in [-0.2, 0) is 17.9 Å². The van der Waals surface area contributed by atoms with E-state index in [9.17, 15) is 13.2 Å². The molecular weight excluding hydrogens is 283 g/mol. The number of aromatic nitrogens is 2. The molecule has 0 radical (unpaired) electrons. The molecule has 0 aliphatic rings. The summed E-state index contributed by atoms with van der Waals surface area (Å²) in [6.45, 7) is 1.09. The topological polar surface area (TPSA) is 50.8 Å². The van der Waals surface area contributed by atoms with Gasteiger partial charge in [0, 0.05) is 6.54 Å². The number of nitriles is 1. The molecule has 0 unspecified atom stereocenters. The summed E-state index contributed by atoms with van der Waals surface area (Å²) in [5, 5.41) is 8.87. The molecule has 21 heavy (non-hydrogen) atoms. The Labute approximate surface area is 119 Å². The van der Waals surface area contributed by atoms with Gasteiger partial charge in [-0.25, -0.2) is 4.98 Å². The maximum Gasteiger partial charge on any atom is 0.411 e. The van der Waals surface area contributed by atoms with E-state index in [2.05, 4.69) is 9.72 Å². The van der Waals surface area contributed by atoms with Gasteiger partial charge in [0.2, 0.25) is 0 Å². The van der Waals surface area contributed by atoms with Crippen molar-refractivity contribution in [3.05, 3.63) is 29.6 Å². The first-order valence-electron chi connectivity index (χ1n) is 6.48. The molecule has 112 valence electrons. The highest BCUT2D eigenvalue weighted by Crippen LogP contribution is 2.20. The Balaban J connectivity index is 2.29. The first kappa shape index (κ1) is 15.3. The molecule has 0 aliphatic heterocycles. The van der Waals surface area contributed by atoms with E-state index >= 15 is 0 Å². The van der Waals surface area contributed by atoms with Gasteiger partial charge in [0.05, 0.1) is 22.7 Å². The molecule has 1 aromatic carbocycles. The van der Waals surface area contributed by atoms with Crippen molar-refractivity contribution in [1.29, 1.82) is 5.26 Å². The van der Waals surface area contributed by atoms with Crippen LogP contribution in [0.4, 0.5) is 13.2 Å². The molecule has 0 atom stereocenters. The second-order valence-electron chi connectivity index (χ2n) is 4.60. The van der Waals surface area contributed by atoms with Crippen molar-refractivity contribution in [2.24, 2.45) is 0 Å². The Morgan fingerprint density at radius 2 is 2.14 bits per heavy atom. The minimum absolute atomic E-state index is 0.212. The number of aryl methyl sites for hydroxylation is 1. The number of benzene rings is 1. The van der Waals surface area contributed by atoms with Gasteiger partial charge in [-0.05, 0) is 24.6 Å². The largest absolute Gasteiger partial charge is 0.411 e. The smallest absolute Gasteiger partial charge is 0.364 e. The van der Waals surface area contributed by atoms with Crippen molar-refractivity contribution >= 4 is 11.0 Å². The summed E-state index contributed by atoms with van der Waals surface area (Å²) < 4.78 is 42.9. The van der Waals surface area contributed by atoms with Gasteiger partial charge in [-0.15, -0.1) is 0 Å². The number of fused-ring (bicyclic) bond motifs is 1. The number of hydrogen-bond acceptors (Lipinski definition) is 3. The summed E-state index contributed by atoms with van der Waals surface area (Å²) in [5.74, 6) is 0.436. The van der Waals surface area contributed by atoms with Crippen molar-refractivity contribution in [1.82, 2.24) is 9.55 Å². The van der Waals surface area contributed by atoms with Gasteiger partial charge < -0.3 is 9.30 Å². The third-order valence-electron chi connectivity index (χ3n) is 2.90. The fourth-order valence-corrected chi connectivity index (χ4v) is 2.09. The quantitative estimate of drug-likeness (QED) is 0.850. The number of nitrogens with zero attached hydrogens (tertiary/aromatic N) is 3. The van der Waals surface area contributed by atoms with Gasteiger partial charge in [-0.1, -0.05) is 6.92 Å². The second kappa shape index (κ2) is 6.14. The minimum Gasteiger partial charge on any atom is -0.364 e. The first-order valence-corrected chi connectivity index (χ1v) is 6.48. The van der Waals surface area contributed by atoms with Crippen molar-refractivity contribution in [2.45, 2.75) is 32.7 Å². The standard InChI is InChI=1S/C14H14F3N3O/c1-2-5-20-12-4-3-10(7-18)6-11(12)19-13(20)8-21-9-14(15,16)17/h3-4,6H,2,5,8-9H2,1H3. The minimum atomic E-state index is -4.35. The molecule has 0 aliphatic carbocycles. The van der Waals surface area contributed by atoms with Crippen LogP contribution in [0.15, 0.2) is 18.2 Å². The van der Waals surface area contributed by atoms with E-state index in [0.29, 0.717) is 23.4 Å². The van der Waals surface area contributed by atoms with Gasteiger partial charge in [-0.2, -0.15) is 18.4 Å². The zero-order chi connectivity index (χ0) is 15.5. The lowest BCUT2D eigenvalue weighted by Gasteiger charge is -2.09. The van der Waals surface area contributed by atoms with Crippen LogP contribution in [0.25, 0.3) is 11.0 Å². The maximum absolute atomic E-state index is 12.1. The molecule has 0 bridgehead atoms. The highest BCUT2D eigenvalue weighted by atomic mass is 19.4. The monoisotopic (exact) mass is 297 g/mol. The molecular formula is C14H14F3N3O. The molecule has 7 heteroatoms. The highest BCUT2D eigenvalue weighted by Gasteiger charge is 2.27. The third-order valence-corrected chi connectivity index (χ3v) is 2.90. The highest BCUT2D eigenvalue weighted by molar-refractivity contribution is 5.77. The van der Waals surface area contributed by atoms with Crippen LogP contribution in [0, 0.1) is 11.3 Å². The van der Waals surface area contributed by atoms with Crippen molar-refractivity contribution in [2.75, 3.05) is 6.61 Å². The van der Waals surface area contributed by atoms with Crippen molar-refractivity contribution in [3.8, 4) is 6.07 Å². The zero-order valence-corrected chi connectivity index (χ0v) is 11.4. The molecule has 0 fully saturated rings. The van der Waals surface area contributed by atoms with Crippen molar-refractivity contribution in [3.63, 3.8) is 0 Å². The number of imidazole rings is 1. The molecule has 0 spiro atoms. The lowest BCUT2D eigenvalue weighted by molar-refractivity contribution is -0.177. The Bertz CT molecular complexity index is 670. The van der Waals surface area contributed by atoms with E-state index in [-0.39, 0.29) is 6.61 Å². The molecule has 1 heterocycles. The van der Waals surface area contributed by atoms with Gasteiger partial charge in [0.15, 0.2) is 0 Å². The molecule has 2 aromatic rings. The molecule has 4 nitrogen and oxygen atoms in total. The van der Waals surface area contributed by atoms with Crippen LogP contribution in [0.1, 0.15) is 24.7 Å². The lowest BCUT2D eigenvalue weighted by atomic mass is 10.2. The average molecular weight is 297 g/mol. The van der Waals surface area contributed by atoms with Gasteiger partial charge in [0.1, 0.15) is 19.0 Å². The second-order valence-corrected chi connectivity index (χ2v) is 4.60.